The van der Waals surface area contributed by atoms with E-state index in [1.54, 1.807) is 18.2 Å². The molecule has 0 radical (unpaired) electrons. The lowest BCUT2D eigenvalue weighted by atomic mass is 10.2. The second-order valence-corrected chi connectivity index (χ2v) is 6.57. The van der Waals surface area contributed by atoms with Gasteiger partial charge in [0, 0.05) is 22.3 Å². The number of ether oxygens (including phenoxy) is 1. The summed E-state index contributed by atoms with van der Waals surface area (Å²) in [5.41, 5.74) is 0.595. The van der Waals surface area contributed by atoms with Gasteiger partial charge in [0.2, 0.25) is 0 Å². The average Bonchev–Trinajstić information content (AvgIpc) is 2.41. The number of nitrogens with zero attached hydrogens (tertiary/aromatic N) is 1. The summed E-state index contributed by atoms with van der Waals surface area (Å²) in [5, 5.41) is 8.76. The molecule has 0 bridgehead atoms. The van der Waals surface area contributed by atoms with E-state index in [4.69, 9.17) is 10.00 Å². The van der Waals surface area contributed by atoms with Crippen LogP contribution in [0.2, 0.25) is 0 Å². The summed E-state index contributed by atoms with van der Waals surface area (Å²) in [7, 11) is -0.737. The largest absolute Gasteiger partial charge is 0.494 e. The molecule has 104 valence electrons. The first-order valence-corrected chi connectivity index (χ1v) is 8.08. The van der Waals surface area contributed by atoms with Crippen LogP contribution in [0.3, 0.4) is 0 Å². The van der Waals surface area contributed by atoms with Gasteiger partial charge in [0.1, 0.15) is 5.75 Å². The molecule has 0 aliphatic rings. The van der Waals surface area contributed by atoms with E-state index in [0.29, 0.717) is 29.6 Å². The van der Waals surface area contributed by atoms with E-state index >= 15 is 0 Å². The fourth-order valence-electron chi connectivity index (χ4n) is 1.53. The minimum atomic E-state index is -0.737. The maximum Gasteiger partial charge on any atom is 0.120 e. The molecule has 1 rings (SSSR count). The van der Waals surface area contributed by atoms with Gasteiger partial charge < -0.3 is 4.74 Å². The second kappa shape index (κ2) is 8.71. The van der Waals surface area contributed by atoms with Crippen molar-refractivity contribution in [3.8, 4) is 11.8 Å². The summed E-state index contributed by atoms with van der Waals surface area (Å²) in [5.74, 6) is 2.77. The van der Waals surface area contributed by atoms with Crippen molar-refractivity contribution in [2.24, 2.45) is 5.92 Å². The van der Waals surface area contributed by atoms with Crippen molar-refractivity contribution in [2.45, 2.75) is 26.7 Å². The third kappa shape index (κ3) is 6.97. The first kappa shape index (κ1) is 15.7. The maximum atomic E-state index is 11.7. The van der Waals surface area contributed by atoms with Gasteiger partial charge in [-0.15, -0.1) is 0 Å². The Bertz CT molecular complexity index is 452. The van der Waals surface area contributed by atoms with Crippen molar-refractivity contribution in [2.75, 3.05) is 18.1 Å². The van der Waals surface area contributed by atoms with Crippen LogP contribution >= 0.6 is 0 Å². The summed E-state index contributed by atoms with van der Waals surface area (Å²) in [6, 6.07) is 9.17. The highest BCUT2D eigenvalue weighted by Gasteiger charge is 2.02. The van der Waals surface area contributed by atoms with Gasteiger partial charge in [0.25, 0.3) is 0 Å². The van der Waals surface area contributed by atoms with Gasteiger partial charge in [-0.05, 0) is 37.0 Å². The third-order valence-corrected chi connectivity index (χ3v) is 4.11. The van der Waals surface area contributed by atoms with Crippen LogP contribution in [-0.2, 0) is 10.8 Å². The van der Waals surface area contributed by atoms with Crippen LogP contribution in [0.25, 0.3) is 0 Å². The van der Waals surface area contributed by atoms with E-state index in [1.807, 2.05) is 6.07 Å². The van der Waals surface area contributed by atoms with Gasteiger partial charge in [-0.3, -0.25) is 4.21 Å². The number of hydrogen-bond donors (Lipinski definition) is 0. The lowest BCUT2D eigenvalue weighted by Gasteiger charge is -2.07. The van der Waals surface area contributed by atoms with Gasteiger partial charge in [0.15, 0.2) is 0 Å². The third-order valence-electron chi connectivity index (χ3n) is 2.67. The quantitative estimate of drug-likeness (QED) is 0.687. The van der Waals surface area contributed by atoms with Crippen LogP contribution in [0, 0.1) is 17.2 Å². The van der Waals surface area contributed by atoms with E-state index in [1.165, 1.54) is 0 Å². The average molecular weight is 279 g/mol. The molecular weight excluding hydrogens is 258 g/mol. The summed E-state index contributed by atoms with van der Waals surface area (Å²) in [6.45, 7) is 4.83. The number of rotatable bonds is 8. The molecule has 1 atom stereocenters. The highest BCUT2D eigenvalue weighted by atomic mass is 32.2. The van der Waals surface area contributed by atoms with Crippen LogP contribution in [0.4, 0.5) is 0 Å². The van der Waals surface area contributed by atoms with Crippen LogP contribution < -0.4 is 4.74 Å². The topological polar surface area (TPSA) is 50.1 Å². The molecule has 0 saturated heterocycles. The molecule has 0 aromatic heterocycles. The smallest absolute Gasteiger partial charge is 0.120 e. The van der Waals surface area contributed by atoms with E-state index < -0.39 is 10.8 Å². The van der Waals surface area contributed by atoms with Gasteiger partial charge in [0.05, 0.1) is 18.2 Å². The molecular formula is C15H21NO2S. The molecule has 0 N–H and O–H groups in total. The molecule has 0 aliphatic carbocycles. The minimum absolute atomic E-state index is 0.544. The van der Waals surface area contributed by atoms with Gasteiger partial charge in [-0.2, -0.15) is 5.26 Å². The van der Waals surface area contributed by atoms with E-state index in [2.05, 4.69) is 19.9 Å². The standard InChI is InChI=1S/C15H21NO2S/c1-13(2)7-10-19(17)9-4-8-18-15-6-3-5-14(11-15)12-16/h3,5-6,11,13H,4,7-10H2,1-2H3. The lowest BCUT2D eigenvalue weighted by molar-refractivity contribution is 0.318. The van der Waals surface area contributed by atoms with Crippen LogP contribution in [-0.4, -0.2) is 22.3 Å². The summed E-state index contributed by atoms with van der Waals surface area (Å²) < 4.78 is 17.2. The normalized spacial score (nSPS) is 12.1. The van der Waals surface area contributed by atoms with Gasteiger partial charge >= 0.3 is 0 Å². The Morgan fingerprint density at radius 3 is 2.84 bits per heavy atom. The monoisotopic (exact) mass is 279 g/mol. The molecule has 1 unspecified atom stereocenters. The molecule has 1 aromatic rings. The van der Waals surface area contributed by atoms with E-state index in [9.17, 15) is 4.21 Å². The van der Waals surface area contributed by atoms with E-state index in [-0.39, 0.29) is 0 Å². The van der Waals surface area contributed by atoms with Crippen molar-refractivity contribution < 1.29 is 8.95 Å². The maximum absolute atomic E-state index is 11.7. The number of hydrogen-bond acceptors (Lipinski definition) is 3. The molecule has 0 saturated carbocycles. The Morgan fingerprint density at radius 1 is 1.37 bits per heavy atom. The molecule has 1 aromatic carbocycles. The highest BCUT2D eigenvalue weighted by Crippen LogP contribution is 2.12. The lowest BCUT2D eigenvalue weighted by Crippen LogP contribution is -2.08. The zero-order chi connectivity index (χ0) is 14.1. The van der Waals surface area contributed by atoms with E-state index in [0.717, 1.165) is 18.6 Å². The number of nitriles is 1. The Hall–Kier alpha value is -1.34. The molecule has 0 spiro atoms. The fraction of sp³-hybridized carbons (Fsp3) is 0.533. The molecule has 4 heteroatoms. The Balaban J connectivity index is 2.20. The van der Waals surface area contributed by atoms with Crippen molar-refractivity contribution in [3.05, 3.63) is 29.8 Å². The van der Waals surface area contributed by atoms with Crippen LogP contribution in [0.1, 0.15) is 32.3 Å². The molecule has 0 aliphatic heterocycles. The van der Waals surface area contributed by atoms with Crippen molar-refractivity contribution in [1.29, 1.82) is 5.26 Å². The Kier molecular flexibility index (Phi) is 7.20. The minimum Gasteiger partial charge on any atom is -0.494 e. The highest BCUT2D eigenvalue weighted by molar-refractivity contribution is 7.84. The van der Waals surface area contributed by atoms with Gasteiger partial charge in [-0.1, -0.05) is 19.9 Å². The molecule has 3 nitrogen and oxygen atoms in total. The summed E-state index contributed by atoms with van der Waals surface area (Å²) >= 11 is 0. The van der Waals surface area contributed by atoms with Crippen molar-refractivity contribution in [1.82, 2.24) is 0 Å². The SMILES string of the molecule is CC(C)CCS(=O)CCCOc1cccc(C#N)c1. The molecule has 0 amide bonds. The predicted molar refractivity (Wildman–Crippen MR) is 78.6 cm³/mol. The second-order valence-electron chi connectivity index (χ2n) is 4.87. The predicted octanol–water partition coefficient (Wildman–Crippen LogP) is 3.12. The zero-order valence-corrected chi connectivity index (χ0v) is 12.4. The zero-order valence-electron chi connectivity index (χ0n) is 11.6. The fourth-order valence-corrected chi connectivity index (χ4v) is 2.91. The van der Waals surface area contributed by atoms with Crippen molar-refractivity contribution in [3.63, 3.8) is 0 Å². The van der Waals surface area contributed by atoms with Crippen LogP contribution in [0.15, 0.2) is 24.3 Å². The summed E-state index contributed by atoms with van der Waals surface area (Å²) in [4.78, 5) is 0. The molecule has 19 heavy (non-hydrogen) atoms. The Labute approximate surface area is 118 Å². The van der Waals surface area contributed by atoms with Gasteiger partial charge in [-0.25, -0.2) is 0 Å². The first-order chi connectivity index (χ1) is 9.11. The molecule has 0 heterocycles. The van der Waals surface area contributed by atoms with Crippen molar-refractivity contribution >= 4 is 10.8 Å². The molecule has 0 fully saturated rings. The van der Waals surface area contributed by atoms with Crippen LogP contribution in [0.5, 0.6) is 5.75 Å². The summed E-state index contributed by atoms with van der Waals surface area (Å²) in [6.07, 6.45) is 1.79. The Morgan fingerprint density at radius 2 is 2.16 bits per heavy atom. The first-order valence-electron chi connectivity index (χ1n) is 6.59. The number of benzene rings is 1.